The van der Waals surface area contributed by atoms with Crippen molar-refractivity contribution in [3.63, 3.8) is 0 Å². The third kappa shape index (κ3) is 1.34. The Bertz CT molecular complexity index is 400. The Hall–Kier alpha value is -0.820. The van der Waals surface area contributed by atoms with Gasteiger partial charge in [-0.15, -0.1) is 0 Å². The minimum Gasteiger partial charge on any atom is -0.316 e. The van der Waals surface area contributed by atoms with Gasteiger partial charge < -0.3 is 5.32 Å². The van der Waals surface area contributed by atoms with Gasteiger partial charge in [0, 0.05) is 12.0 Å². The first kappa shape index (κ1) is 10.3. The highest BCUT2D eigenvalue weighted by Gasteiger charge is 2.43. The fourth-order valence-corrected chi connectivity index (χ4v) is 3.54. The van der Waals surface area contributed by atoms with Crippen LogP contribution in [0.25, 0.3) is 0 Å². The molecule has 0 aromatic heterocycles. The predicted molar refractivity (Wildman–Crippen MR) is 67.9 cm³/mol. The molecule has 3 rings (SSSR count). The molecular weight excluding hydrogens is 194 g/mol. The molecule has 0 radical (unpaired) electrons. The van der Waals surface area contributed by atoms with E-state index in [4.69, 9.17) is 0 Å². The highest BCUT2D eigenvalue weighted by molar-refractivity contribution is 5.42. The van der Waals surface area contributed by atoms with Crippen LogP contribution in [0.1, 0.15) is 44.2 Å². The standard InChI is InChI=1S/C15H21N/c1-14(2)7-8-15(9-10-16-11-15)13-6-4-3-5-12(13)14/h3-6,16H,7-11H2,1-2H3. The maximum Gasteiger partial charge on any atom is 0.00930 e. The minimum absolute atomic E-state index is 0.366. The van der Waals surface area contributed by atoms with E-state index in [2.05, 4.69) is 43.4 Å². The number of hydrogen-bond acceptors (Lipinski definition) is 1. The molecule has 1 atom stereocenters. The number of hydrogen-bond donors (Lipinski definition) is 1. The molecule has 1 heterocycles. The summed E-state index contributed by atoms with van der Waals surface area (Å²) >= 11 is 0. The molecule has 1 aromatic carbocycles. The largest absolute Gasteiger partial charge is 0.316 e. The molecule has 1 aromatic rings. The van der Waals surface area contributed by atoms with Crippen molar-refractivity contribution >= 4 is 0 Å². The van der Waals surface area contributed by atoms with Crippen LogP contribution in [0.15, 0.2) is 24.3 Å². The number of nitrogens with one attached hydrogen (secondary N) is 1. The van der Waals surface area contributed by atoms with Gasteiger partial charge in [0.1, 0.15) is 0 Å². The van der Waals surface area contributed by atoms with Gasteiger partial charge in [-0.05, 0) is 42.3 Å². The maximum atomic E-state index is 3.55. The predicted octanol–water partition coefficient (Wildman–Crippen LogP) is 2.99. The second-order valence-electron chi connectivity index (χ2n) is 6.14. The molecule has 1 nitrogen and oxygen atoms in total. The molecule has 1 heteroatoms. The molecule has 1 aliphatic heterocycles. The number of fused-ring (bicyclic) bond motifs is 2. The van der Waals surface area contributed by atoms with Gasteiger partial charge in [-0.3, -0.25) is 0 Å². The number of rotatable bonds is 0. The monoisotopic (exact) mass is 215 g/mol. The Morgan fingerprint density at radius 1 is 1.00 bits per heavy atom. The molecular formula is C15H21N. The first-order valence-corrected chi connectivity index (χ1v) is 6.45. The normalized spacial score (nSPS) is 31.6. The van der Waals surface area contributed by atoms with Gasteiger partial charge in [-0.25, -0.2) is 0 Å². The lowest BCUT2D eigenvalue weighted by molar-refractivity contribution is 0.311. The quantitative estimate of drug-likeness (QED) is 0.701. The van der Waals surface area contributed by atoms with E-state index in [9.17, 15) is 0 Å². The van der Waals surface area contributed by atoms with Crippen LogP contribution in [0.4, 0.5) is 0 Å². The van der Waals surface area contributed by atoms with Crippen LogP contribution in [0.2, 0.25) is 0 Å². The SMILES string of the molecule is CC1(C)CCC2(CCNC2)c2ccccc21. The molecule has 1 spiro atoms. The van der Waals surface area contributed by atoms with Gasteiger partial charge in [0.2, 0.25) is 0 Å². The molecule has 1 fully saturated rings. The molecule has 1 N–H and O–H groups in total. The Balaban J connectivity index is 2.15. The van der Waals surface area contributed by atoms with Gasteiger partial charge in [0.05, 0.1) is 0 Å². The lowest BCUT2D eigenvalue weighted by Gasteiger charge is -2.43. The summed E-state index contributed by atoms with van der Waals surface area (Å²) in [6.45, 7) is 7.15. The van der Waals surface area contributed by atoms with Crippen LogP contribution in [-0.4, -0.2) is 13.1 Å². The maximum absolute atomic E-state index is 3.55. The highest BCUT2D eigenvalue weighted by atomic mass is 14.9. The van der Waals surface area contributed by atoms with E-state index in [-0.39, 0.29) is 0 Å². The van der Waals surface area contributed by atoms with Gasteiger partial charge in [0.15, 0.2) is 0 Å². The third-order valence-electron chi connectivity index (χ3n) is 4.70. The fourth-order valence-electron chi connectivity index (χ4n) is 3.54. The van der Waals surface area contributed by atoms with Crippen molar-refractivity contribution in [2.75, 3.05) is 13.1 Å². The molecule has 1 aliphatic carbocycles. The van der Waals surface area contributed by atoms with E-state index < -0.39 is 0 Å². The third-order valence-corrected chi connectivity index (χ3v) is 4.70. The van der Waals surface area contributed by atoms with Crippen LogP contribution in [0.5, 0.6) is 0 Å². The van der Waals surface area contributed by atoms with Crippen LogP contribution < -0.4 is 5.32 Å². The van der Waals surface area contributed by atoms with Crippen molar-refractivity contribution in [1.82, 2.24) is 5.32 Å². The molecule has 0 saturated carbocycles. The van der Waals surface area contributed by atoms with Crippen LogP contribution in [0, 0.1) is 0 Å². The van der Waals surface area contributed by atoms with E-state index in [1.807, 2.05) is 0 Å². The highest BCUT2D eigenvalue weighted by Crippen LogP contribution is 2.48. The summed E-state index contributed by atoms with van der Waals surface area (Å²) in [4.78, 5) is 0. The molecule has 0 amide bonds. The van der Waals surface area contributed by atoms with Crippen molar-refractivity contribution in [2.24, 2.45) is 0 Å². The molecule has 2 aliphatic rings. The van der Waals surface area contributed by atoms with E-state index >= 15 is 0 Å². The van der Waals surface area contributed by atoms with Crippen LogP contribution in [0.3, 0.4) is 0 Å². The van der Waals surface area contributed by atoms with Crippen LogP contribution >= 0.6 is 0 Å². The lowest BCUT2D eigenvalue weighted by Crippen LogP contribution is -2.39. The average Bonchev–Trinajstić information content (AvgIpc) is 2.75. The summed E-state index contributed by atoms with van der Waals surface area (Å²) in [5, 5.41) is 3.55. The summed E-state index contributed by atoms with van der Waals surface area (Å²) in [6.07, 6.45) is 4.00. The minimum atomic E-state index is 0.366. The first-order valence-electron chi connectivity index (χ1n) is 6.45. The van der Waals surface area contributed by atoms with Crippen LogP contribution in [-0.2, 0) is 10.8 Å². The van der Waals surface area contributed by atoms with Gasteiger partial charge in [0.25, 0.3) is 0 Å². The molecule has 1 unspecified atom stereocenters. The van der Waals surface area contributed by atoms with Gasteiger partial charge in [-0.1, -0.05) is 38.1 Å². The second kappa shape index (κ2) is 3.33. The van der Waals surface area contributed by atoms with E-state index in [1.165, 1.54) is 32.4 Å². The zero-order valence-corrected chi connectivity index (χ0v) is 10.3. The van der Waals surface area contributed by atoms with E-state index in [0.717, 1.165) is 0 Å². The van der Waals surface area contributed by atoms with E-state index in [1.54, 1.807) is 11.1 Å². The smallest absolute Gasteiger partial charge is 0.00930 e. The Morgan fingerprint density at radius 2 is 1.75 bits per heavy atom. The Morgan fingerprint density at radius 3 is 2.44 bits per heavy atom. The van der Waals surface area contributed by atoms with Gasteiger partial charge >= 0.3 is 0 Å². The topological polar surface area (TPSA) is 12.0 Å². The summed E-state index contributed by atoms with van der Waals surface area (Å²) < 4.78 is 0. The fraction of sp³-hybridized carbons (Fsp3) is 0.600. The Kier molecular flexibility index (Phi) is 2.16. The molecule has 16 heavy (non-hydrogen) atoms. The summed E-state index contributed by atoms with van der Waals surface area (Å²) in [5.41, 5.74) is 4.03. The zero-order chi connectivity index (χ0) is 11.2. The average molecular weight is 215 g/mol. The number of benzene rings is 1. The first-order chi connectivity index (χ1) is 7.64. The van der Waals surface area contributed by atoms with Crippen molar-refractivity contribution in [2.45, 2.75) is 43.9 Å². The van der Waals surface area contributed by atoms with Crippen molar-refractivity contribution in [1.29, 1.82) is 0 Å². The molecule has 86 valence electrons. The molecule has 0 bridgehead atoms. The Labute approximate surface area is 98.3 Å². The van der Waals surface area contributed by atoms with Crippen molar-refractivity contribution < 1.29 is 0 Å². The lowest BCUT2D eigenvalue weighted by atomic mass is 9.61. The zero-order valence-electron chi connectivity index (χ0n) is 10.3. The van der Waals surface area contributed by atoms with Gasteiger partial charge in [-0.2, -0.15) is 0 Å². The summed E-state index contributed by atoms with van der Waals surface area (Å²) in [5.74, 6) is 0. The van der Waals surface area contributed by atoms with Crippen molar-refractivity contribution in [3.8, 4) is 0 Å². The summed E-state index contributed by atoms with van der Waals surface area (Å²) in [6, 6.07) is 9.11. The van der Waals surface area contributed by atoms with E-state index in [0.29, 0.717) is 10.8 Å². The second-order valence-corrected chi connectivity index (χ2v) is 6.14. The summed E-state index contributed by atoms with van der Waals surface area (Å²) in [7, 11) is 0. The van der Waals surface area contributed by atoms with Crippen molar-refractivity contribution in [3.05, 3.63) is 35.4 Å². The molecule has 1 saturated heterocycles.